The van der Waals surface area contributed by atoms with Crippen molar-refractivity contribution in [2.45, 2.75) is 17.3 Å². The normalized spacial score (nSPS) is 11.2. The number of hydrogen-bond donors (Lipinski definition) is 4. The summed E-state index contributed by atoms with van der Waals surface area (Å²) < 4.78 is 24.7. The van der Waals surface area contributed by atoms with Crippen molar-refractivity contribution in [2.24, 2.45) is 0 Å². The van der Waals surface area contributed by atoms with Crippen LogP contribution in [0.5, 0.6) is 5.75 Å². The number of amides is 1. The summed E-state index contributed by atoms with van der Waals surface area (Å²) in [6, 6.07) is 7.67. The molecule has 0 aliphatic heterocycles. The second-order valence-electron chi connectivity index (χ2n) is 4.63. The lowest BCUT2D eigenvalue weighted by Gasteiger charge is -2.12. The second kappa shape index (κ2) is 6.73. The van der Waals surface area contributed by atoms with Crippen LogP contribution in [-0.2, 0) is 22.2 Å². The zero-order valence-corrected chi connectivity index (χ0v) is 12.6. The Morgan fingerprint density at radius 1 is 1.22 bits per heavy atom. The van der Waals surface area contributed by atoms with Gasteiger partial charge in [0.1, 0.15) is 0 Å². The summed E-state index contributed by atoms with van der Waals surface area (Å²) in [5.74, 6) is -2.26. The van der Waals surface area contributed by atoms with Crippen molar-refractivity contribution in [1.29, 1.82) is 0 Å². The van der Waals surface area contributed by atoms with E-state index in [4.69, 9.17) is 5.21 Å². The molecule has 0 spiro atoms. The fraction of sp³-hybridized carbons (Fsp3) is 0.143. The van der Waals surface area contributed by atoms with Gasteiger partial charge in [-0.1, -0.05) is 18.2 Å². The maximum absolute atomic E-state index is 12.3. The van der Waals surface area contributed by atoms with Crippen molar-refractivity contribution in [3.05, 3.63) is 53.3 Å². The van der Waals surface area contributed by atoms with E-state index in [2.05, 4.69) is 4.98 Å². The molecule has 0 bridgehead atoms. The molecule has 0 saturated heterocycles. The minimum Gasteiger partial charge on any atom is -0.505 e. The minimum atomic E-state index is -3.71. The Morgan fingerprint density at radius 3 is 2.43 bits per heavy atom. The maximum Gasteiger partial charge on any atom is 0.297 e. The van der Waals surface area contributed by atoms with Gasteiger partial charge in [-0.25, -0.2) is 18.9 Å². The van der Waals surface area contributed by atoms with Gasteiger partial charge in [0.15, 0.2) is 21.3 Å². The first kappa shape index (κ1) is 16.9. The van der Waals surface area contributed by atoms with Gasteiger partial charge in [-0.05, 0) is 17.7 Å². The average Bonchev–Trinajstić information content (AvgIpc) is 2.55. The zero-order valence-electron chi connectivity index (χ0n) is 11.8. The second-order valence-corrected chi connectivity index (χ2v) is 6.62. The first-order valence-electron chi connectivity index (χ1n) is 6.43. The minimum absolute atomic E-state index is 0.0587. The van der Waals surface area contributed by atoms with Gasteiger partial charge in [0.2, 0.25) is 0 Å². The highest BCUT2D eigenvalue weighted by molar-refractivity contribution is 7.90. The lowest BCUT2D eigenvalue weighted by atomic mass is 10.1. The highest BCUT2D eigenvalue weighted by Gasteiger charge is 2.23. The largest absolute Gasteiger partial charge is 0.505 e. The Kier molecular flexibility index (Phi) is 4.94. The fourth-order valence-electron chi connectivity index (χ4n) is 2.01. The number of sulfone groups is 1. The molecule has 2 rings (SSSR count). The summed E-state index contributed by atoms with van der Waals surface area (Å²) >= 11 is 0. The molecule has 0 aliphatic rings. The quantitative estimate of drug-likeness (QED) is 0.456. The number of nitrogens with one attached hydrogen (secondary N) is 1. The standard InChI is InChI=1S/C14H14N2O6S/c17-7-11-9(6-15-12(13(11)18)14(19)16-20)8-23(21,22)10-4-2-1-3-5-10/h1-6,17-18,20H,7-8H2,(H,16,19). The topological polar surface area (TPSA) is 137 Å². The van der Waals surface area contributed by atoms with Crippen LogP contribution < -0.4 is 5.48 Å². The molecule has 0 atom stereocenters. The van der Waals surface area contributed by atoms with Crippen LogP contribution in [-0.4, -0.2) is 34.7 Å². The Bertz CT molecular complexity index is 821. The summed E-state index contributed by atoms with van der Waals surface area (Å²) in [6.07, 6.45) is 1.07. The molecule has 1 aromatic heterocycles. The molecule has 4 N–H and O–H groups in total. The summed E-state index contributed by atoms with van der Waals surface area (Å²) in [5, 5.41) is 27.9. The molecular weight excluding hydrogens is 324 g/mol. The van der Waals surface area contributed by atoms with E-state index in [1.165, 1.54) is 17.6 Å². The third-order valence-corrected chi connectivity index (χ3v) is 4.85. The van der Waals surface area contributed by atoms with Crippen molar-refractivity contribution in [3.8, 4) is 5.75 Å². The molecule has 0 unspecified atom stereocenters. The van der Waals surface area contributed by atoms with Gasteiger partial charge >= 0.3 is 0 Å². The number of pyridine rings is 1. The van der Waals surface area contributed by atoms with Gasteiger partial charge in [0.25, 0.3) is 5.91 Å². The van der Waals surface area contributed by atoms with Crippen molar-refractivity contribution in [3.63, 3.8) is 0 Å². The summed E-state index contributed by atoms with van der Waals surface area (Å²) in [4.78, 5) is 15.1. The molecule has 1 aromatic carbocycles. The summed E-state index contributed by atoms with van der Waals surface area (Å²) in [5.41, 5.74) is 0.707. The van der Waals surface area contributed by atoms with Crippen LogP contribution in [0.1, 0.15) is 21.6 Å². The lowest BCUT2D eigenvalue weighted by Crippen LogP contribution is -2.21. The number of hydrogen-bond acceptors (Lipinski definition) is 7. The first-order chi connectivity index (χ1) is 10.9. The molecule has 0 aliphatic carbocycles. The van der Waals surface area contributed by atoms with E-state index in [0.717, 1.165) is 6.20 Å². The molecule has 2 aromatic rings. The molecule has 0 saturated carbocycles. The molecule has 0 radical (unpaired) electrons. The van der Waals surface area contributed by atoms with Gasteiger partial charge in [-0.2, -0.15) is 0 Å². The zero-order chi connectivity index (χ0) is 17.0. The number of aliphatic hydroxyl groups excluding tert-OH is 1. The smallest absolute Gasteiger partial charge is 0.297 e. The number of hydroxylamine groups is 1. The number of benzene rings is 1. The average molecular weight is 338 g/mol. The fourth-order valence-corrected chi connectivity index (χ4v) is 3.41. The van der Waals surface area contributed by atoms with Crippen LogP contribution in [0.25, 0.3) is 0 Å². The molecule has 0 fully saturated rings. The summed E-state index contributed by atoms with van der Waals surface area (Å²) in [7, 11) is -3.71. The van der Waals surface area contributed by atoms with Gasteiger partial charge in [-0.15, -0.1) is 0 Å². The van der Waals surface area contributed by atoms with E-state index in [-0.39, 0.29) is 16.0 Å². The highest BCUT2D eigenvalue weighted by Crippen LogP contribution is 2.27. The van der Waals surface area contributed by atoms with E-state index in [1.54, 1.807) is 18.2 Å². The first-order valence-corrected chi connectivity index (χ1v) is 8.08. The maximum atomic E-state index is 12.3. The Balaban J connectivity index is 2.45. The number of aliphatic hydroxyl groups is 1. The molecule has 8 nitrogen and oxygen atoms in total. The summed E-state index contributed by atoms with van der Waals surface area (Å²) in [6.45, 7) is -0.695. The predicted molar refractivity (Wildman–Crippen MR) is 78.4 cm³/mol. The molecule has 23 heavy (non-hydrogen) atoms. The monoisotopic (exact) mass is 338 g/mol. The lowest BCUT2D eigenvalue weighted by molar-refractivity contribution is 0.0697. The van der Waals surface area contributed by atoms with Crippen LogP contribution in [0.4, 0.5) is 0 Å². The Morgan fingerprint density at radius 2 is 1.87 bits per heavy atom. The molecule has 122 valence electrons. The number of nitrogens with zero attached hydrogens (tertiary/aromatic N) is 1. The third kappa shape index (κ3) is 3.47. The van der Waals surface area contributed by atoms with E-state index in [9.17, 15) is 23.4 Å². The Labute approximate surface area is 131 Å². The highest BCUT2D eigenvalue weighted by atomic mass is 32.2. The van der Waals surface area contributed by atoms with Crippen molar-refractivity contribution in [2.75, 3.05) is 0 Å². The van der Waals surface area contributed by atoms with Gasteiger partial charge in [-0.3, -0.25) is 10.0 Å². The SMILES string of the molecule is O=C(NO)c1ncc(CS(=O)(=O)c2ccccc2)c(CO)c1O. The van der Waals surface area contributed by atoms with E-state index in [0.29, 0.717) is 0 Å². The van der Waals surface area contributed by atoms with Crippen molar-refractivity contribution >= 4 is 15.7 Å². The van der Waals surface area contributed by atoms with E-state index < -0.39 is 39.5 Å². The van der Waals surface area contributed by atoms with Crippen LogP contribution in [0.2, 0.25) is 0 Å². The number of aromatic hydroxyl groups is 1. The molecule has 1 amide bonds. The number of carbonyl (C=O) groups is 1. The molecule has 9 heteroatoms. The number of rotatable bonds is 5. The van der Waals surface area contributed by atoms with Gasteiger partial charge in [0, 0.05) is 11.8 Å². The van der Waals surface area contributed by atoms with Crippen molar-refractivity contribution < 1.29 is 28.6 Å². The van der Waals surface area contributed by atoms with Gasteiger partial charge in [0.05, 0.1) is 17.3 Å². The van der Waals surface area contributed by atoms with Crippen LogP contribution in [0, 0.1) is 0 Å². The molecular formula is C14H14N2O6S. The van der Waals surface area contributed by atoms with E-state index in [1.807, 2.05) is 0 Å². The number of aromatic nitrogens is 1. The Hall–Kier alpha value is -2.49. The third-order valence-electron chi connectivity index (χ3n) is 3.17. The van der Waals surface area contributed by atoms with Crippen LogP contribution in [0.15, 0.2) is 41.4 Å². The van der Waals surface area contributed by atoms with Gasteiger partial charge < -0.3 is 10.2 Å². The van der Waals surface area contributed by atoms with Crippen LogP contribution >= 0.6 is 0 Å². The van der Waals surface area contributed by atoms with E-state index >= 15 is 0 Å². The molecule has 1 heterocycles. The van der Waals surface area contributed by atoms with Crippen LogP contribution in [0.3, 0.4) is 0 Å². The predicted octanol–water partition coefficient (Wildman–Crippen LogP) is 0.372. The van der Waals surface area contributed by atoms with Crippen molar-refractivity contribution in [1.82, 2.24) is 10.5 Å². The number of carbonyl (C=O) groups excluding carboxylic acids is 1.